The van der Waals surface area contributed by atoms with Crippen molar-refractivity contribution in [1.29, 1.82) is 0 Å². The normalized spacial score (nSPS) is 12.6. The molecule has 7 heteroatoms. The van der Waals surface area contributed by atoms with Crippen molar-refractivity contribution >= 4 is 5.91 Å². The molecule has 1 aliphatic rings. The van der Waals surface area contributed by atoms with Crippen molar-refractivity contribution in [1.82, 2.24) is 15.5 Å². The van der Waals surface area contributed by atoms with Gasteiger partial charge in [0.15, 0.2) is 11.5 Å². The highest BCUT2D eigenvalue weighted by molar-refractivity contribution is 5.76. The van der Waals surface area contributed by atoms with Crippen LogP contribution < -0.4 is 14.8 Å². The predicted octanol–water partition coefficient (Wildman–Crippen LogP) is 3.07. The quantitative estimate of drug-likeness (QED) is 0.708. The number of ether oxygens (including phenoxy) is 2. The smallest absolute Gasteiger partial charge is 0.246 e. The van der Waals surface area contributed by atoms with Gasteiger partial charge in [0.05, 0.1) is 6.54 Å². The summed E-state index contributed by atoms with van der Waals surface area (Å²) in [6.45, 7) is 3.33. The molecule has 1 N–H and O–H groups in total. The van der Waals surface area contributed by atoms with E-state index in [1.54, 1.807) is 0 Å². The van der Waals surface area contributed by atoms with E-state index in [1.807, 2.05) is 49.4 Å². The number of hydrogen-bond acceptors (Lipinski definition) is 6. The van der Waals surface area contributed by atoms with Gasteiger partial charge < -0.3 is 19.3 Å². The number of amides is 1. The summed E-state index contributed by atoms with van der Waals surface area (Å²) >= 11 is 0. The standard InChI is InChI=1S/C21H21N3O4/c1-14-3-2-4-16(11-14)21-23-20(28-24-21)13-22-19(25)8-6-15-5-7-17-18(12-15)27-10-9-26-17/h2-5,7,11-12H,6,8-10,13H2,1H3,(H,22,25). The van der Waals surface area contributed by atoms with Gasteiger partial charge >= 0.3 is 0 Å². The molecule has 0 atom stereocenters. The molecule has 0 saturated heterocycles. The van der Waals surface area contributed by atoms with Crippen molar-refractivity contribution in [3.63, 3.8) is 0 Å². The number of benzene rings is 2. The fraction of sp³-hybridized carbons (Fsp3) is 0.286. The molecule has 0 unspecified atom stereocenters. The van der Waals surface area contributed by atoms with Gasteiger partial charge in [0.25, 0.3) is 0 Å². The minimum Gasteiger partial charge on any atom is -0.486 e. The maximum atomic E-state index is 12.1. The van der Waals surface area contributed by atoms with Crippen molar-refractivity contribution in [2.75, 3.05) is 13.2 Å². The molecule has 0 fully saturated rings. The number of fused-ring (bicyclic) bond motifs is 1. The van der Waals surface area contributed by atoms with Crippen molar-refractivity contribution in [3.05, 3.63) is 59.5 Å². The van der Waals surface area contributed by atoms with Crippen LogP contribution in [0.2, 0.25) is 0 Å². The maximum Gasteiger partial charge on any atom is 0.246 e. The third-order valence-corrected chi connectivity index (χ3v) is 4.43. The van der Waals surface area contributed by atoms with Gasteiger partial charge in [-0.05, 0) is 37.1 Å². The van der Waals surface area contributed by atoms with E-state index in [0.29, 0.717) is 37.8 Å². The van der Waals surface area contributed by atoms with E-state index >= 15 is 0 Å². The summed E-state index contributed by atoms with van der Waals surface area (Å²) in [7, 11) is 0. The predicted molar refractivity (Wildman–Crippen MR) is 102 cm³/mol. The van der Waals surface area contributed by atoms with Gasteiger partial charge in [-0.15, -0.1) is 0 Å². The van der Waals surface area contributed by atoms with Gasteiger partial charge in [0, 0.05) is 12.0 Å². The van der Waals surface area contributed by atoms with Crippen LogP contribution in [0.25, 0.3) is 11.4 Å². The number of rotatable bonds is 6. The number of hydrogen-bond donors (Lipinski definition) is 1. The summed E-state index contributed by atoms with van der Waals surface area (Å²) in [5, 5.41) is 6.79. The van der Waals surface area contributed by atoms with Crippen LogP contribution in [-0.2, 0) is 17.8 Å². The van der Waals surface area contributed by atoms with Crippen LogP contribution in [0.4, 0.5) is 0 Å². The summed E-state index contributed by atoms with van der Waals surface area (Å²) in [5.41, 5.74) is 3.04. The van der Waals surface area contributed by atoms with Crippen LogP contribution in [0.1, 0.15) is 23.4 Å². The van der Waals surface area contributed by atoms with Crippen molar-refractivity contribution in [2.24, 2.45) is 0 Å². The Kier molecular flexibility index (Phi) is 5.23. The molecular formula is C21H21N3O4. The Morgan fingerprint density at radius 2 is 1.96 bits per heavy atom. The van der Waals surface area contributed by atoms with E-state index in [-0.39, 0.29) is 12.5 Å². The van der Waals surface area contributed by atoms with Gasteiger partial charge in [0.2, 0.25) is 17.6 Å². The van der Waals surface area contributed by atoms with Gasteiger partial charge in [-0.1, -0.05) is 35.0 Å². The minimum atomic E-state index is -0.0785. The molecule has 1 aromatic heterocycles. The molecule has 0 saturated carbocycles. The zero-order chi connectivity index (χ0) is 19.3. The van der Waals surface area contributed by atoms with E-state index in [9.17, 15) is 4.79 Å². The highest BCUT2D eigenvalue weighted by atomic mass is 16.6. The van der Waals surface area contributed by atoms with E-state index in [2.05, 4.69) is 15.5 Å². The highest BCUT2D eigenvalue weighted by Gasteiger charge is 2.13. The van der Waals surface area contributed by atoms with Crippen LogP contribution in [0.3, 0.4) is 0 Å². The van der Waals surface area contributed by atoms with E-state index < -0.39 is 0 Å². The average molecular weight is 379 g/mol. The Bertz CT molecular complexity index is 983. The first-order valence-electron chi connectivity index (χ1n) is 9.22. The first kappa shape index (κ1) is 18.0. The first-order valence-corrected chi connectivity index (χ1v) is 9.22. The Balaban J connectivity index is 1.28. The summed E-state index contributed by atoms with van der Waals surface area (Å²) < 4.78 is 16.3. The lowest BCUT2D eigenvalue weighted by Crippen LogP contribution is -2.23. The second-order valence-electron chi connectivity index (χ2n) is 6.64. The molecule has 3 aromatic rings. The summed E-state index contributed by atoms with van der Waals surface area (Å²) in [6, 6.07) is 13.6. The zero-order valence-electron chi connectivity index (χ0n) is 15.6. The molecule has 2 aromatic carbocycles. The lowest BCUT2D eigenvalue weighted by atomic mass is 10.1. The van der Waals surface area contributed by atoms with Crippen LogP contribution in [-0.4, -0.2) is 29.3 Å². The number of nitrogens with zero attached hydrogens (tertiary/aromatic N) is 2. The van der Waals surface area contributed by atoms with E-state index in [4.69, 9.17) is 14.0 Å². The SMILES string of the molecule is Cc1cccc(-c2noc(CNC(=O)CCc3ccc4c(c3)OCCO4)n2)c1. The third kappa shape index (κ3) is 4.31. The van der Waals surface area contributed by atoms with Crippen molar-refractivity contribution in [2.45, 2.75) is 26.3 Å². The molecular weight excluding hydrogens is 358 g/mol. The minimum absolute atomic E-state index is 0.0785. The number of aryl methyl sites for hydroxylation is 2. The molecule has 2 heterocycles. The molecule has 0 radical (unpaired) electrons. The maximum absolute atomic E-state index is 12.1. The molecule has 28 heavy (non-hydrogen) atoms. The lowest BCUT2D eigenvalue weighted by Gasteiger charge is -2.18. The van der Waals surface area contributed by atoms with E-state index in [1.165, 1.54) is 0 Å². The van der Waals surface area contributed by atoms with Gasteiger partial charge in [-0.25, -0.2) is 0 Å². The topological polar surface area (TPSA) is 86.5 Å². The zero-order valence-corrected chi connectivity index (χ0v) is 15.6. The van der Waals surface area contributed by atoms with Crippen LogP contribution in [0.5, 0.6) is 11.5 Å². The van der Waals surface area contributed by atoms with E-state index in [0.717, 1.165) is 28.2 Å². The molecule has 0 bridgehead atoms. The second kappa shape index (κ2) is 8.12. The Hall–Kier alpha value is -3.35. The second-order valence-corrected chi connectivity index (χ2v) is 6.64. The molecule has 1 aliphatic heterocycles. The van der Waals surface area contributed by atoms with Gasteiger partial charge in [-0.3, -0.25) is 4.79 Å². The molecule has 144 valence electrons. The monoisotopic (exact) mass is 379 g/mol. The van der Waals surface area contributed by atoms with Crippen LogP contribution in [0, 0.1) is 6.92 Å². The average Bonchev–Trinajstić information content (AvgIpc) is 3.20. The number of carbonyl (C=O) groups excluding carboxylic acids is 1. The lowest BCUT2D eigenvalue weighted by molar-refractivity contribution is -0.121. The fourth-order valence-electron chi connectivity index (χ4n) is 2.99. The number of carbonyl (C=O) groups is 1. The molecule has 1 amide bonds. The van der Waals surface area contributed by atoms with Crippen molar-refractivity contribution < 1.29 is 18.8 Å². The molecule has 0 aliphatic carbocycles. The third-order valence-electron chi connectivity index (χ3n) is 4.43. The summed E-state index contributed by atoms with van der Waals surface area (Å²) in [6.07, 6.45) is 0.972. The fourth-order valence-corrected chi connectivity index (χ4v) is 2.99. The van der Waals surface area contributed by atoms with Gasteiger partial charge in [-0.2, -0.15) is 4.98 Å². The first-order chi connectivity index (χ1) is 13.7. The Labute approximate surface area is 162 Å². The Morgan fingerprint density at radius 1 is 1.11 bits per heavy atom. The Morgan fingerprint density at radius 3 is 2.82 bits per heavy atom. The van der Waals surface area contributed by atoms with Crippen LogP contribution >= 0.6 is 0 Å². The molecule has 0 spiro atoms. The number of aromatic nitrogens is 2. The summed E-state index contributed by atoms with van der Waals surface area (Å²) in [5.74, 6) is 2.30. The van der Waals surface area contributed by atoms with Crippen molar-refractivity contribution in [3.8, 4) is 22.9 Å². The van der Waals surface area contributed by atoms with Gasteiger partial charge in [0.1, 0.15) is 13.2 Å². The number of nitrogens with one attached hydrogen (secondary N) is 1. The summed E-state index contributed by atoms with van der Waals surface area (Å²) in [4.78, 5) is 16.5. The van der Waals surface area contributed by atoms with Crippen LogP contribution in [0.15, 0.2) is 47.0 Å². The highest BCUT2D eigenvalue weighted by Crippen LogP contribution is 2.31. The largest absolute Gasteiger partial charge is 0.486 e. The molecule has 7 nitrogen and oxygen atoms in total. The molecule has 4 rings (SSSR count).